The van der Waals surface area contributed by atoms with Crippen molar-refractivity contribution in [1.29, 1.82) is 0 Å². The fraction of sp³-hybridized carbons (Fsp3) is 0.350. The maximum atomic E-state index is 11.9. The summed E-state index contributed by atoms with van der Waals surface area (Å²) in [4.78, 5) is 37.1. The molecule has 144 valence electrons. The van der Waals surface area contributed by atoms with Gasteiger partial charge in [-0.25, -0.2) is 4.79 Å². The van der Waals surface area contributed by atoms with Gasteiger partial charge < -0.3 is 15.0 Å². The van der Waals surface area contributed by atoms with Crippen LogP contribution in [0.15, 0.2) is 47.4 Å². The summed E-state index contributed by atoms with van der Waals surface area (Å²) < 4.78 is 5.21. The number of hydrogen-bond acceptors (Lipinski definition) is 4. The molecule has 0 unspecified atom stereocenters. The van der Waals surface area contributed by atoms with Crippen molar-refractivity contribution < 1.29 is 14.3 Å². The van der Waals surface area contributed by atoms with Crippen molar-refractivity contribution in [1.82, 2.24) is 10.3 Å². The lowest BCUT2D eigenvalue weighted by Gasteiger charge is -2.19. The van der Waals surface area contributed by atoms with E-state index < -0.39 is 11.7 Å². The highest BCUT2D eigenvalue weighted by atomic mass is 16.6. The number of nitrogens with one attached hydrogen (secondary N) is 3. The van der Waals surface area contributed by atoms with E-state index in [9.17, 15) is 14.4 Å². The quantitative estimate of drug-likeness (QED) is 0.679. The molecule has 0 saturated heterocycles. The van der Waals surface area contributed by atoms with E-state index in [1.54, 1.807) is 0 Å². The van der Waals surface area contributed by atoms with Crippen LogP contribution >= 0.6 is 0 Å². The molecule has 0 radical (unpaired) electrons. The third kappa shape index (κ3) is 7.35. The number of rotatable bonds is 6. The highest BCUT2D eigenvalue weighted by Crippen LogP contribution is 2.13. The Morgan fingerprint density at radius 3 is 2.37 bits per heavy atom. The summed E-state index contributed by atoms with van der Waals surface area (Å²) in [6.45, 7) is 5.96. The van der Waals surface area contributed by atoms with Crippen LogP contribution in [-0.4, -0.2) is 29.1 Å². The van der Waals surface area contributed by atoms with E-state index in [-0.39, 0.29) is 11.5 Å². The molecular weight excluding hydrogens is 346 g/mol. The van der Waals surface area contributed by atoms with E-state index in [2.05, 4.69) is 15.6 Å². The second-order valence-corrected chi connectivity index (χ2v) is 7.12. The number of carbonyl (C=O) groups excluding carboxylic acids is 2. The van der Waals surface area contributed by atoms with E-state index >= 15 is 0 Å². The summed E-state index contributed by atoms with van der Waals surface area (Å²) in [5.74, 6) is -0.219. The Kier molecular flexibility index (Phi) is 6.76. The van der Waals surface area contributed by atoms with Crippen LogP contribution in [0.3, 0.4) is 0 Å². The van der Waals surface area contributed by atoms with Gasteiger partial charge in [0.05, 0.1) is 5.56 Å². The molecule has 0 saturated carbocycles. The number of benzene rings is 1. The lowest BCUT2D eigenvalue weighted by atomic mass is 10.1. The van der Waals surface area contributed by atoms with E-state index in [1.807, 2.05) is 45.0 Å². The average molecular weight is 371 g/mol. The van der Waals surface area contributed by atoms with Crippen LogP contribution in [0.5, 0.6) is 0 Å². The second-order valence-electron chi connectivity index (χ2n) is 7.12. The lowest BCUT2D eigenvalue weighted by molar-refractivity contribution is 0.0635. The first-order chi connectivity index (χ1) is 12.7. The number of aromatic nitrogens is 1. The molecular formula is C20H25N3O4. The van der Waals surface area contributed by atoms with E-state index in [0.29, 0.717) is 17.8 Å². The smallest absolute Gasteiger partial charge is 0.412 e. The van der Waals surface area contributed by atoms with Crippen molar-refractivity contribution in [2.45, 2.75) is 39.2 Å². The van der Waals surface area contributed by atoms with E-state index in [4.69, 9.17) is 4.74 Å². The first-order valence-electron chi connectivity index (χ1n) is 8.79. The molecule has 0 aliphatic carbocycles. The topological polar surface area (TPSA) is 100 Å². The third-order valence-electron chi connectivity index (χ3n) is 3.57. The summed E-state index contributed by atoms with van der Waals surface area (Å²) in [5, 5.41) is 5.50. The van der Waals surface area contributed by atoms with Crippen LogP contribution in [0.25, 0.3) is 0 Å². The zero-order valence-corrected chi connectivity index (χ0v) is 15.8. The molecule has 0 bridgehead atoms. The first-order valence-corrected chi connectivity index (χ1v) is 8.79. The molecule has 2 rings (SSSR count). The second kappa shape index (κ2) is 9.02. The van der Waals surface area contributed by atoms with Crippen LogP contribution in [0.2, 0.25) is 0 Å². The minimum atomic E-state index is -0.538. The number of aryl methyl sites for hydroxylation is 1. The number of anilines is 1. The molecule has 1 aromatic heterocycles. The van der Waals surface area contributed by atoms with Crippen molar-refractivity contribution >= 4 is 17.7 Å². The average Bonchev–Trinajstić information content (AvgIpc) is 2.59. The van der Waals surface area contributed by atoms with Crippen molar-refractivity contribution in [2.24, 2.45) is 0 Å². The highest BCUT2D eigenvalue weighted by Gasteiger charge is 2.16. The van der Waals surface area contributed by atoms with Gasteiger partial charge in [0.25, 0.3) is 5.91 Å². The van der Waals surface area contributed by atoms with Gasteiger partial charge in [0, 0.05) is 24.5 Å². The number of carbonyl (C=O) groups is 2. The standard InChI is InChI=1S/C20H25N3O4/c1-20(2,3)27-19(26)23-16-9-6-14(7-10-16)5-4-12-21-18(25)15-8-11-17(24)22-13-15/h6-11,13H,4-5,12H2,1-3H3,(H,21,25)(H,22,24)(H,23,26). The van der Waals surface area contributed by atoms with Gasteiger partial charge in [0.2, 0.25) is 5.56 Å². The molecule has 7 heteroatoms. The Bertz CT molecular complexity index is 815. The predicted octanol–water partition coefficient (Wildman–Crippen LogP) is 3.08. The largest absolute Gasteiger partial charge is 0.444 e. The van der Waals surface area contributed by atoms with E-state index in [0.717, 1.165) is 18.4 Å². The number of ether oxygens (including phenoxy) is 1. The molecule has 1 aromatic carbocycles. The molecule has 2 aromatic rings. The molecule has 3 N–H and O–H groups in total. The zero-order valence-electron chi connectivity index (χ0n) is 15.8. The molecule has 2 amide bonds. The van der Waals surface area contributed by atoms with Gasteiger partial charge in [-0.05, 0) is 57.4 Å². The Morgan fingerprint density at radius 2 is 1.78 bits per heavy atom. The number of hydrogen-bond donors (Lipinski definition) is 3. The Morgan fingerprint density at radius 1 is 1.07 bits per heavy atom. The minimum absolute atomic E-state index is 0.219. The zero-order chi connectivity index (χ0) is 19.9. The van der Waals surface area contributed by atoms with Crippen LogP contribution in [0, 0.1) is 0 Å². The number of H-pyrrole nitrogens is 1. The first kappa shape index (κ1) is 20.2. The maximum absolute atomic E-state index is 11.9. The monoisotopic (exact) mass is 371 g/mol. The highest BCUT2D eigenvalue weighted by molar-refractivity contribution is 5.93. The van der Waals surface area contributed by atoms with Gasteiger partial charge in [0.15, 0.2) is 0 Å². The number of amides is 2. The third-order valence-corrected chi connectivity index (χ3v) is 3.57. The molecule has 0 aliphatic rings. The molecule has 0 spiro atoms. The van der Waals surface area contributed by atoms with Crippen LogP contribution < -0.4 is 16.2 Å². The fourth-order valence-corrected chi connectivity index (χ4v) is 2.32. The summed E-state index contributed by atoms with van der Waals surface area (Å²) >= 11 is 0. The Hall–Kier alpha value is -3.09. The van der Waals surface area contributed by atoms with Gasteiger partial charge in [-0.3, -0.25) is 14.9 Å². The van der Waals surface area contributed by atoms with E-state index in [1.165, 1.54) is 18.3 Å². The van der Waals surface area contributed by atoms with Gasteiger partial charge in [-0.15, -0.1) is 0 Å². The van der Waals surface area contributed by atoms with Crippen molar-refractivity contribution in [2.75, 3.05) is 11.9 Å². The van der Waals surface area contributed by atoms with Crippen molar-refractivity contribution in [3.63, 3.8) is 0 Å². The number of aromatic amines is 1. The SMILES string of the molecule is CC(C)(C)OC(=O)Nc1ccc(CCCNC(=O)c2ccc(=O)[nH]c2)cc1. The maximum Gasteiger partial charge on any atom is 0.412 e. The van der Waals surface area contributed by atoms with Gasteiger partial charge in [0.1, 0.15) is 5.60 Å². The summed E-state index contributed by atoms with van der Waals surface area (Å²) in [6.07, 6.45) is 2.47. The molecule has 27 heavy (non-hydrogen) atoms. The van der Waals surface area contributed by atoms with Gasteiger partial charge in [-0.1, -0.05) is 12.1 Å². The minimum Gasteiger partial charge on any atom is -0.444 e. The molecule has 1 heterocycles. The fourth-order valence-electron chi connectivity index (χ4n) is 2.32. The lowest BCUT2D eigenvalue weighted by Crippen LogP contribution is -2.27. The summed E-state index contributed by atoms with van der Waals surface area (Å²) in [6, 6.07) is 10.3. The number of pyridine rings is 1. The van der Waals surface area contributed by atoms with Gasteiger partial charge >= 0.3 is 6.09 Å². The molecule has 7 nitrogen and oxygen atoms in total. The summed E-state index contributed by atoms with van der Waals surface area (Å²) in [5.41, 5.74) is 1.41. The van der Waals surface area contributed by atoms with Crippen LogP contribution in [-0.2, 0) is 11.2 Å². The molecule has 0 aliphatic heterocycles. The van der Waals surface area contributed by atoms with Gasteiger partial charge in [-0.2, -0.15) is 0 Å². The summed E-state index contributed by atoms with van der Waals surface area (Å²) in [7, 11) is 0. The van der Waals surface area contributed by atoms with Crippen molar-refractivity contribution in [3.8, 4) is 0 Å². The Labute approximate surface area is 158 Å². The molecule has 0 atom stereocenters. The van der Waals surface area contributed by atoms with Crippen molar-refractivity contribution in [3.05, 3.63) is 64.1 Å². The molecule has 0 fully saturated rings. The van der Waals surface area contributed by atoms with Crippen LogP contribution in [0.4, 0.5) is 10.5 Å². The normalized spacial score (nSPS) is 10.9. The predicted molar refractivity (Wildman–Crippen MR) is 104 cm³/mol. The Balaban J connectivity index is 1.73. The van der Waals surface area contributed by atoms with Crippen LogP contribution in [0.1, 0.15) is 43.1 Å².